The molecule has 1 amide bonds. The summed E-state index contributed by atoms with van der Waals surface area (Å²) in [6, 6.07) is 3.01. The first-order valence-electron chi connectivity index (χ1n) is 8.83. The molecule has 5 N–H and O–H groups in total. The van der Waals surface area contributed by atoms with Gasteiger partial charge in [-0.1, -0.05) is 23.2 Å². The second kappa shape index (κ2) is 8.10. The Hall–Kier alpha value is -1.73. The van der Waals surface area contributed by atoms with E-state index in [1.54, 1.807) is 17.0 Å². The number of phenolic OH excluding ortho intramolecular Hbond substituents is 1. The van der Waals surface area contributed by atoms with Gasteiger partial charge in [0.25, 0.3) is 5.91 Å². The summed E-state index contributed by atoms with van der Waals surface area (Å²) >= 11 is 12.1. The molecule has 2 heterocycles. The second-order valence-electron chi connectivity index (χ2n) is 7.01. The molecule has 0 radical (unpaired) electrons. The maximum absolute atomic E-state index is 12.6. The molecule has 27 heavy (non-hydrogen) atoms. The number of likely N-dealkylation sites (tertiary alicyclic amines) is 1. The van der Waals surface area contributed by atoms with E-state index in [1.807, 2.05) is 6.92 Å². The summed E-state index contributed by atoms with van der Waals surface area (Å²) in [5, 5.41) is 23.2. The van der Waals surface area contributed by atoms with Gasteiger partial charge >= 0.3 is 0 Å². The Balaban J connectivity index is 1.64. The van der Waals surface area contributed by atoms with Crippen LogP contribution in [0.2, 0.25) is 5.02 Å². The van der Waals surface area contributed by atoms with Gasteiger partial charge in [-0.2, -0.15) is 0 Å². The molecular weight excluding hydrogens is 389 g/mol. The van der Waals surface area contributed by atoms with Crippen LogP contribution >= 0.6 is 23.2 Å². The molecule has 1 aromatic carbocycles. The van der Waals surface area contributed by atoms with Crippen molar-refractivity contribution in [3.63, 3.8) is 0 Å². The minimum atomic E-state index is -0.971. The maximum Gasteiger partial charge on any atom is 0.255 e. The van der Waals surface area contributed by atoms with Crippen molar-refractivity contribution >= 4 is 29.1 Å². The number of hydrogen-bond acceptors (Lipinski definition) is 5. The molecule has 2 aliphatic rings. The van der Waals surface area contributed by atoms with E-state index in [9.17, 15) is 15.0 Å². The lowest BCUT2D eigenvalue weighted by molar-refractivity contribution is -0.128. The zero-order chi connectivity index (χ0) is 19.7. The lowest BCUT2D eigenvalue weighted by Crippen LogP contribution is -2.42. The van der Waals surface area contributed by atoms with Crippen LogP contribution in [-0.2, 0) is 4.79 Å². The van der Waals surface area contributed by atoms with E-state index < -0.39 is 6.23 Å². The Kier molecular flexibility index (Phi) is 6.01. The third-order valence-corrected chi connectivity index (χ3v) is 5.92. The first kappa shape index (κ1) is 20.0. The predicted octanol–water partition coefficient (Wildman–Crippen LogP) is 2.52. The molecule has 1 saturated heterocycles. The summed E-state index contributed by atoms with van der Waals surface area (Å²) in [6.07, 6.45) is 3.43. The summed E-state index contributed by atoms with van der Waals surface area (Å²) in [7, 11) is 0. The van der Waals surface area contributed by atoms with Crippen LogP contribution in [0.25, 0.3) is 0 Å². The molecule has 0 aliphatic carbocycles. The van der Waals surface area contributed by atoms with Gasteiger partial charge in [0.2, 0.25) is 0 Å². The number of halogens is 2. The standard InChI is InChI=1S/C19H23Cl2N3O3/c1-10-6-16(25)13(8-14(10)20)17(22)11-2-4-24(5-3-11)19(27)12-7-15(21)18(26)23-9-12/h6-9,11,17-18,23,25-26H,2-5,22H2,1H3/t17-,18?/m1/s1. The zero-order valence-corrected chi connectivity index (χ0v) is 16.5. The van der Waals surface area contributed by atoms with Crippen LogP contribution in [0.4, 0.5) is 0 Å². The molecule has 0 spiro atoms. The lowest BCUT2D eigenvalue weighted by atomic mass is 9.85. The van der Waals surface area contributed by atoms with Crippen LogP contribution in [0, 0.1) is 12.8 Å². The van der Waals surface area contributed by atoms with Gasteiger partial charge in [0.05, 0.1) is 10.6 Å². The Bertz CT molecular complexity index is 802. The summed E-state index contributed by atoms with van der Waals surface area (Å²) < 4.78 is 0. The zero-order valence-electron chi connectivity index (χ0n) is 15.0. The van der Waals surface area contributed by atoms with E-state index in [4.69, 9.17) is 28.9 Å². The Morgan fingerprint density at radius 2 is 2.00 bits per heavy atom. The molecule has 2 atom stereocenters. The monoisotopic (exact) mass is 411 g/mol. The highest BCUT2D eigenvalue weighted by atomic mass is 35.5. The van der Waals surface area contributed by atoms with Gasteiger partial charge in [-0.15, -0.1) is 0 Å². The highest BCUT2D eigenvalue weighted by Crippen LogP contribution is 2.36. The van der Waals surface area contributed by atoms with Crippen LogP contribution < -0.4 is 11.1 Å². The molecule has 1 aromatic rings. The number of nitrogens with two attached hydrogens (primary N) is 1. The first-order chi connectivity index (χ1) is 12.8. The van der Waals surface area contributed by atoms with E-state index in [0.717, 1.165) is 18.4 Å². The summed E-state index contributed by atoms with van der Waals surface area (Å²) in [4.78, 5) is 14.4. The van der Waals surface area contributed by atoms with E-state index in [-0.39, 0.29) is 28.6 Å². The molecule has 146 valence electrons. The molecule has 0 bridgehead atoms. The van der Waals surface area contributed by atoms with E-state index >= 15 is 0 Å². The smallest absolute Gasteiger partial charge is 0.255 e. The number of amides is 1. The number of carbonyl (C=O) groups excluding carboxylic acids is 1. The molecule has 0 aromatic heterocycles. The number of aromatic hydroxyl groups is 1. The number of hydrogen-bond donors (Lipinski definition) is 4. The van der Waals surface area contributed by atoms with Crippen molar-refractivity contribution in [2.75, 3.05) is 13.1 Å². The predicted molar refractivity (Wildman–Crippen MR) is 105 cm³/mol. The Morgan fingerprint density at radius 1 is 1.33 bits per heavy atom. The van der Waals surface area contributed by atoms with Crippen LogP contribution in [-0.4, -0.2) is 40.3 Å². The van der Waals surface area contributed by atoms with Crippen LogP contribution in [0.5, 0.6) is 5.75 Å². The van der Waals surface area contributed by atoms with Gasteiger partial charge in [0.1, 0.15) is 5.75 Å². The molecule has 6 nitrogen and oxygen atoms in total. The lowest BCUT2D eigenvalue weighted by Gasteiger charge is -2.35. The highest BCUT2D eigenvalue weighted by molar-refractivity contribution is 6.31. The fraction of sp³-hybridized carbons (Fsp3) is 0.421. The maximum atomic E-state index is 12.6. The number of nitrogens with zero attached hydrogens (tertiary/aromatic N) is 1. The topological polar surface area (TPSA) is 98.8 Å². The Labute approximate surface area is 168 Å². The molecule has 2 aliphatic heterocycles. The highest BCUT2D eigenvalue weighted by Gasteiger charge is 2.30. The quantitative estimate of drug-likeness (QED) is 0.612. The van der Waals surface area contributed by atoms with Gasteiger partial charge in [-0.05, 0) is 49.5 Å². The molecule has 3 rings (SSSR count). The average molecular weight is 412 g/mol. The summed E-state index contributed by atoms with van der Waals surface area (Å²) in [6.45, 7) is 2.95. The van der Waals surface area contributed by atoms with E-state index in [1.165, 1.54) is 12.3 Å². The van der Waals surface area contributed by atoms with Gasteiger partial charge in [-0.25, -0.2) is 0 Å². The summed E-state index contributed by atoms with van der Waals surface area (Å²) in [5.41, 5.74) is 8.24. The number of aliphatic hydroxyl groups is 1. The van der Waals surface area contributed by atoms with E-state index in [2.05, 4.69) is 5.32 Å². The minimum absolute atomic E-state index is 0.137. The number of carbonyl (C=O) groups is 1. The first-order valence-corrected chi connectivity index (χ1v) is 9.58. The number of aliphatic hydroxyl groups excluding tert-OH is 1. The van der Waals surface area contributed by atoms with Gasteiger partial charge < -0.3 is 26.2 Å². The van der Waals surface area contributed by atoms with Gasteiger partial charge in [-0.3, -0.25) is 4.79 Å². The molecule has 1 fully saturated rings. The number of nitrogens with one attached hydrogen (secondary N) is 1. The third kappa shape index (κ3) is 4.24. The number of phenols is 1. The minimum Gasteiger partial charge on any atom is -0.508 e. The summed E-state index contributed by atoms with van der Waals surface area (Å²) in [5.74, 6) is 0.151. The van der Waals surface area contributed by atoms with Crippen LogP contribution in [0.1, 0.15) is 30.0 Å². The number of benzene rings is 1. The van der Waals surface area contributed by atoms with Gasteiger partial charge in [0, 0.05) is 35.9 Å². The van der Waals surface area contributed by atoms with E-state index in [0.29, 0.717) is 29.2 Å². The SMILES string of the molecule is Cc1cc(O)c([C@H](N)C2CCN(C(=O)C3=CNC(O)C(Cl)=C3)CC2)cc1Cl. The average Bonchev–Trinajstić information content (AvgIpc) is 2.66. The van der Waals surface area contributed by atoms with Crippen LogP contribution in [0.3, 0.4) is 0 Å². The number of dihydropyridines is 1. The Morgan fingerprint density at radius 3 is 2.63 bits per heavy atom. The van der Waals surface area contributed by atoms with Crippen molar-refractivity contribution < 1.29 is 15.0 Å². The fourth-order valence-electron chi connectivity index (χ4n) is 3.49. The van der Waals surface area contributed by atoms with Crippen molar-refractivity contribution in [3.8, 4) is 5.75 Å². The normalized spacial score (nSPS) is 22.0. The van der Waals surface area contributed by atoms with Crippen molar-refractivity contribution in [1.29, 1.82) is 0 Å². The number of piperidine rings is 1. The van der Waals surface area contributed by atoms with Crippen molar-refractivity contribution in [3.05, 3.63) is 51.2 Å². The largest absolute Gasteiger partial charge is 0.508 e. The molecule has 8 heteroatoms. The van der Waals surface area contributed by atoms with Gasteiger partial charge in [0.15, 0.2) is 6.23 Å². The molecular formula is C19H23Cl2N3O3. The second-order valence-corrected chi connectivity index (χ2v) is 7.86. The fourth-order valence-corrected chi connectivity index (χ4v) is 3.84. The third-order valence-electron chi connectivity index (χ3n) is 5.20. The number of rotatable bonds is 3. The number of aryl methyl sites for hydroxylation is 1. The van der Waals surface area contributed by atoms with Crippen molar-refractivity contribution in [2.45, 2.75) is 32.0 Å². The van der Waals surface area contributed by atoms with Crippen molar-refractivity contribution in [2.24, 2.45) is 11.7 Å². The molecule has 1 unspecified atom stereocenters. The van der Waals surface area contributed by atoms with Crippen molar-refractivity contribution in [1.82, 2.24) is 10.2 Å². The molecule has 0 saturated carbocycles. The van der Waals surface area contributed by atoms with Crippen LogP contribution in [0.15, 0.2) is 35.0 Å².